The normalized spacial score (nSPS) is 23.9. The first kappa shape index (κ1) is 14.5. The molecule has 1 heterocycles. The van der Waals surface area contributed by atoms with Gasteiger partial charge >= 0.3 is 0 Å². The van der Waals surface area contributed by atoms with E-state index in [9.17, 15) is 14.9 Å². The van der Waals surface area contributed by atoms with Crippen molar-refractivity contribution in [3.8, 4) is 0 Å². The quantitative estimate of drug-likeness (QED) is 0.676. The summed E-state index contributed by atoms with van der Waals surface area (Å²) in [5, 5.41) is 13.9. The Kier molecular flexibility index (Phi) is 4.04. The van der Waals surface area contributed by atoms with Crippen molar-refractivity contribution in [2.75, 3.05) is 0 Å². The smallest absolute Gasteiger partial charge is 0.269 e. The number of amides is 1. The van der Waals surface area contributed by atoms with Gasteiger partial charge in [0.15, 0.2) is 0 Å². The van der Waals surface area contributed by atoms with Crippen LogP contribution in [0.1, 0.15) is 38.9 Å². The van der Waals surface area contributed by atoms with Crippen LogP contribution >= 0.6 is 0 Å². The second-order valence-corrected chi connectivity index (χ2v) is 5.14. The summed E-state index contributed by atoms with van der Waals surface area (Å²) in [7, 11) is 0. The van der Waals surface area contributed by atoms with Crippen LogP contribution in [0.5, 0.6) is 0 Å². The number of carbonyl (C=O) groups excluding carboxylic acids is 1. The standard InChI is InChI=1S/C14H19N3O3/c1-4-9(2)16-13(15-10(3)14(16)18)11-5-7-12(8-6-11)17(19)20/h5-10,13,15H,4H2,1-3H3. The Labute approximate surface area is 117 Å². The molecule has 1 fully saturated rings. The summed E-state index contributed by atoms with van der Waals surface area (Å²) in [6, 6.07) is 6.25. The molecule has 6 heteroatoms. The second kappa shape index (κ2) is 5.58. The van der Waals surface area contributed by atoms with Gasteiger partial charge in [-0.25, -0.2) is 0 Å². The van der Waals surface area contributed by atoms with Gasteiger partial charge in [-0.2, -0.15) is 0 Å². The van der Waals surface area contributed by atoms with E-state index in [-0.39, 0.29) is 29.8 Å². The van der Waals surface area contributed by atoms with E-state index in [1.165, 1.54) is 12.1 Å². The Balaban J connectivity index is 2.30. The summed E-state index contributed by atoms with van der Waals surface area (Å²) in [5.41, 5.74) is 0.926. The van der Waals surface area contributed by atoms with E-state index in [2.05, 4.69) is 5.32 Å². The molecule has 3 atom stereocenters. The van der Waals surface area contributed by atoms with Gasteiger partial charge in [-0.3, -0.25) is 20.2 Å². The number of nitro benzene ring substituents is 1. The molecule has 1 aromatic rings. The first-order chi connectivity index (χ1) is 9.45. The van der Waals surface area contributed by atoms with Crippen LogP contribution < -0.4 is 5.32 Å². The van der Waals surface area contributed by atoms with Crippen molar-refractivity contribution < 1.29 is 9.72 Å². The molecule has 0 aliphatic carbocycles. The largest absolute Gasteiger partial charge is 0.319 e. The molecule has 0 radical (unpaired) electrons. The minimum Gasteiger partial charge on any atom is -0.319 e. The topological polar surface area (TPSA) is 75.5 Å². The fraction of sp³-hybridized carbons (Fsp3) is 0.500. The summed E-state index contributed by atoms with van der Waals surface area (Å²) >= 11 is 0. The monoisotopic (exact) mass is 277 g/mol. The molecule has 0 aromatic heterocycles. The van der Waals surface area contributed by atoms with Crippen LogP contribution in [-0.4, -0.2) is 27.8 Å². The number of hydrogen-bond donors (Lipinski definition) is 1. The van der Waals surface area contributed by atoms with Gasteiger partial charge in [0, 0.05) is 18.2 Å². The molecule has 20 heavy (non-hydrogen) atoms. The van der Waals surface area contributed by atoms with Gasteiger partial charge in [0.2, 0.25) is 5.91 Å². The first-order valence-corrected chi connectivity index (χ1v) is 6.78. The van der Waals surface area contributed by atoms with Gasteiger partial charge in [-0.05, 0) is 38.0 Å². The van der Waals surface area contributed by atoms with Crippen molar-refractivity contribution in [2.24, 2.45) is 0 Å². The Hall–Kier alpha value is -1.95. The lowest BCUT2D eigenvalue weighted by atomic mass is 10.1. The maximum atomic E-state index is 12.2. The lowest BCUT2D eigenvalue weighted by molar-refractivity contribution is -0.384. The molecule has 0 spiro atoms. The lowest BCUT2D eigenvalue weighted by Gasteiger charge is -2.30. The van der Waals surface area contributed by atoms with Crippen LogP contribution in [0.4, 0.5) is 5.69 Å². The zero-order valence-electron chi connectivity index (χ0n) is 11.9. The number of nitrogens with one attached hydrogen (secondary N) is 1. The molecule has 1 aliphatic heterocycles. The number of non-ortho nitro benzene ring substituents is 1. The van der Waals surface area contributed by atoms with Crippen LogP contribution in [0.25, 0.3) is 0 Å². The van der Waals surface area contributed by atoms with Crippen molar-refractivity contribution in [1.29, 1.82) is 0 Å². The van der Waals surface area contributed by atoms with Gasteiger partial charge in [0.1, 0.15) is 6.17 Å². The zero-order chi connectivity index (χ0) is 14.9. The summed E-state index contributed by atoms with van der Waals surface area (Å²) in [6.07, 6.45) is 0.650. The molecular formula is C14H19N3O3. The predicted molar refractivity (Wildman–Crippen MR) is 75.0 cm³/mol. The van der Waals surface area contributed by atoms with Crippen LogP contribution in [0.15, 0.2) is 24.3 Å². The molecule has 2 rings (SSSR count). The third kappa shape index (κ3) is 2.51. The number of nitro groups is 1. The summed E-state index contributed by atoms with van der Waals surface area (Å²) in [5.74, 6) is 0.0719. The van der Waals surface area contributed by atoms with E-state index < -0.39 is 4.92 Å². The molecule has 6 nitrogen and oxygen atoms in total. The summed E-state index contributed by atoms with van der Waals surface area (Å²) in [4.78, 5) is 24.3. The van der Waals surface area contributed by atoms with Crippen molar-refractivity contribution in [3.05, 3.63) is 39.9 Å². The van der Waals surface area contributed by atoms with E-state index in [4.69, 9.17) is 0 Å². The van der Waals surface area contributed by atoms with Gasteiger partial charge in [-0.1, -0.05) is 6.92 Å². The van der Waals surface area contributed by atoms with Gasteiger partial charge in [0.05, 0.1) is 11.0 Å². The van der Waals surface area contributed by atoms with Crippen molar-refractivity contribution in [2.45, 2.75) is 45.4 Å². The Bertz CT molecular complexity index is 515. The van der Waals surface area contributed by atoms with Crippen molar-refractivity contribution in [1.82, 2.24) is 10.2 Å². The highest BCUT2D eigenvalue weighted by molar-refractivity contribution is 5.84. The molecule has 1 N–H and O–H groups in total. The maximum Gasteiger partial charge on any atom is 0.269 e. The van der Waals surface area contributed by atoms with Crippen LogP contribution in [0.3, 0.4) is 0 Å². The zero-order valence-corrected chi connectivity index (χ0v) is 11.9. The average Bonchev–Trinajstić information content (AvgIpc) is 2.74. The van der Waals surface area contributed by atoms with Crippen LogP contribution in [0, 0.1) is 10.1 Å². The molecule has 1 saturated heterocycles. The summed E-state index contributed by atoms with van der Waals surface area (Å²) < 4.78 is 0. The minimum atomic E-state index is -0.425. The molecule has 1 aliphatic rings. The third-order valence-corrected chi connectivity index (χ3v) is 3.80. The fourth-order valence-electron chi connectivity index (χ4n) is 2.44. The van der Waals surface area contributed by atoms with E-state index in [1.54, 1.807) is 12.1 Å². The molecule has 3 unspecified atom stereocenters. The van der Waals surface area contributed by atoms with E-state index in [0.717, 1.165) is 12.0 Å². The maximum absolute atomic E-state index is 12.2. The van der Waals surface area contributed by atoms with Crippen molar-refractivity contribution >= 4 is 11.6 Å². The molecule has 108 valence electrons. The Morgan fingerprint density at radius 3 is 2.50 bits per heavy atom. The van der Waals surface area contributed by atoms with E-state index in [0.29, 0.717) is 0 Å². The van der Waals surface area contributed by atoms with E-state index >= 15 is 0 Å². The average molecular weight is 277 g/mol. The molecule has 1 amide bonds. The van der Waals surface area contributed by atoms with Gasteiger partial charge in [-0.15, -0.1) is 0 Å². The number of rotatable bonds is 4. The number of carbonyl (C=O) groups is 1. The number of benzene rings is 1. The highest BCUT2D eigenvalue weighted by Crippen LogP contribution is 2.29. The first-order valence-electron chi connectivity index (χ1n) is 6.78. The number of hydrogen-bond acceptors (Lipinski definition) is 4. The fourth-order valence-corrected chi connectivity index (χ4v) is 2.44. The lowest BCUT2D eigenvalue weighted by Crippen LogP contribution is -2.37. The van der Waals surface area contributed by atoms with E-state index in [1.807, 2.05) is 25.7 Å². The van der Waals surface area contributed by atoms with Gasteiger partial charge < -0.3 is 4.90 Å². The predicted octanol–water partition coefficient (Wildman–Crippen LogP) is 2.21. The third-order valence-electron chi connectivity index (χ3n) is 3.80. The van der Waals surface area contributed by atoms with Crippen molar-refractivity contribution in [3.63, 3.8) is 0 Å². The Morgan fingerprint density at radius 1 is 1.40 bits per heavy atom. The second-order valence-electron chi connectivity index (χ2n) is 5.14. The van der Waals surface area contributed by atoms with Crippen LogP contribution in [-0.2, 0) is 4.79 Å². The molecular weight excluding hydrogens is 258 g/mol. The SMILES string of the molecule is CCC(C)N1C(=O)C(C)NC1c1ccc([N+](=O)[O-])cc1. The highest BCUT2D eigenvalue weighted by atomic mass is 16.6. The highest BCUT2D eigenvalue weighted by Gasteiger charge is 2.39. The molecule has 1 aromatic carbocycles. The minimum absolute atomic E-state index is 0.0567. The Morgan fingerprint density at radius 2 is 2.00 bits per heavy atom. The molecule has 0 bridgehead atoms. The molecule has 0 saturated carbocycles. The van der Waals surface area contributed by atoms with Crippen LogP contribution in [0.2, 0.25) is 0 Å². The summed E-state index contributed by atoms with van der Waals surface area (Å²) in [6.45, 7) is 5.88. The van der Waals surface area contributed by atoms with Gasteiger partial charge in [0.25, 0.3) is 5.69 Å². The number of nitrogens with zero attached hydrogens (tertiary/aromatic N) is 2.